The normalized spacial score (nSPS) is 14.4. The van der Waals surface area contributed by atoms with Crippen molar-refractivity contribution in [2.24, 2.45) is 0 Å². The maximum Gasteiger partial charge on any atom is 0.123 e. The quantitative estimate of drug-likeness (QED) is 0.689. The fourth-order valence-corrected chi connectivity index (χ4v) is 2.59. The Morgan fingerprint density at radius 1 is 1.10 bits per heavy atom. The Hall–Kier alpha value is -0.930. The Kier molecular flexibility index (Phi) is 8.55. The van der Waals surface area contributed by atoms with Gasteiger partial charge < -0.3 is 10.2 Å². The second kappa shape index (κ2) is 9.91. The highest BCUT2D eigenvalue weighted by atomic mass is 19.1. The first-order valence-electron chi connectivity index (χ1n) is 8.27. The summed E-state index contributed by atoms with van der Waals surface area (Å²) in [5.74, 6) is -0.165. The molecule has 0 aliphatic rings. The standard InChI is InChI=1S/C18H31FN2/c1-5-7-15(3)21(4)14-12-18(20-13-6-2)16-8-10-17(19)11-9-16/h8-11,15,18,20H,5-7,12-14H2,1-4H3. The monoisotopic (exact) mass is 294 g/mol. The van der Waals surface area contributed by atoms with Crippen molar-refractivity contribution in [3.8, 4) is 0 Å². The summed E-state index contributed by atoms with van der Waals surface area (Å²) in [7, 11) is 2.20. The molecular weight excluding hydrogens is 263 g/mol. The molecule has 0 amide bonds. The van der Waals surface area contributed by atoms with E-state index in [-0.39, 0.29) is 5.82 Å². The van der Waals surface area contributed by atoms with E-state index in [1.165, 1.54) is 18.4 Å². The molecule has 0 aliphatic carbocycles. The van der Waals surface area contributed by atoms with E-state index < -0.39 is 0 Å². The number of rotatable bonds is 10. The first-order chi connectivity index (χ1) is 10.1. The van der Waals surface area contributed by atoms with Crippen LogP contribution >= 0.6 is 0 Å². The zero-order chi connectivity index (χ0) is 15.7. The van der Waals surface area contributed by atoms with Gasteiger partial charge in [0.1, 0.15) is 5.82 Å². The van der Waals surface area contributed by atoms with Crippen LogP contribution in [0, 0.1) is 5.82 Å². The summed E-state index contributed by atoms with van der Waals surface area (Å²) in [4.78, 5) is 2.42. The molecule has 0 bridgehead atoms. The van der Waals surface area contributed by atoms with E-state index in [9.17, 15) is 4.39 Å². The van der Waals surface area contributed by atoms with E-state index in [0.29, 0.717) is 12.1 Å². The minimum Gasteiger partial charge on any atom is -0.310 e. The van der Waals surface area contributed by atoms with Crippen LogP contribution in [-0.2, 0) is 0 Å². The Balaban J connectivity index is 2.59. The third kappa shape index (κ3) is 6.58. The third-order valence-corrected chi connectivity index (χ3v) is 4.14. The summed E-state index contributed by atoms with van der Waals surface area (Å²) in [5, 5.41) is 3.58. The number of nitrogens with one attached hydrogen (secondary N) is 1. The van der Waals surface area contributed by atoms with Gasteiger partial charge in [-0.25, -0.2) is 4.39 Å². The van der Waals surface area contributed by atoms with Crippen LogP contribution in [0.5, 0.6) is 0 Å². The van der Waals surface area contributed by atoms with E-state index in [2.05, 4.69) is 38.0 Å². The molecule has 0 saturated carbocycles. The molecule has 21 heavy (non-hydrogen) atoms. The maximum absolute atomic E-state index is 13.1. The number of hydrogen-bond donors (Lipinski definition) is 1. The molecule has 0 saturated heterocycles. The Labute approximate surface area is 129 Å². The highest BCUT2D eigenvalue weighted by molar-refractivity contribution is 5.20. The molecule has 0 aliphatic heterocycles. The summed E-state index contributed by atoms with van der Waals surface area (Å²) in [6.45, 7) is 8.74. The molecule has 3 heteroatoms. The molecule has 1 rings (SSSR count). The second-order valence-electron chi connectivity index (χ2n) is 5.97. The van der Waals surface area contributed by atoms with E-state index in [4.69, 9.17) is 0 Å². The van der Waals surface area contributed by atoms with Crippen molar-refractivity contribution in [1.29, 1.82) is 0 Å². The lowest BCUT2D eigenvalue weighted by atomic mass is 10.0. The molecule has 2 unspecified atom stereocenters. The van der Waals surface area contributed by atoms with Crippen molar-refractivity contribution < 1.29 is 4.39 Å². The first kappa shape index (κ1) is 18.1. The van der Waals surface area contributed by atoms with Crippen LogP contribution in [-0.4, -0.2) is 31.1 Å². The van der Waals surface area contributed by atoms with Crippen LogP contribution in [0.2, 0.25) is 0 Å². The predicted molar refractivity (Wildman–Crippen MR) is 89.1 cm³/mol. The fourth-order valence-electron chi connectivity index (χ4n) is 2.59. The lowest BCUT2D eigenvalue weighted by molar-refractivity contribution is 0.231. The maximum atomic E-state index is 13.1. The summed E-state index contributed by atoms with van der Waals surface area (Å²) < 4.78 is 13.1. The zero-order valence-electron chi connectivity index (χ0n) is 14.0. The average Bonchev–Trinajstić information content (AvgIpc) is 2.48. The Morgan fingerprint density at radius 2 is 1.76 bits per heavy atom. The van der Waals surface area contributed by atoms with Crippen molar-refractivity contribution in [3.05, 3.63) is 35.6 Å². The Bertz CT molecular complexity index is 377. The van der Waals surface area contributed by atoms with E-state index in [0.717, 1.165) is 25.9 Å². The van der Waals surface area contributed by atoms with Gasteiger partial charge in [0.05, 0.1) is 0 Å². The summed E-state index contributed by atoms with van der Waals surface area (Å²) in [5.41, 5.74) is 1.18. The minimum atomic E-state index is -0.165. The summed E-state index contributed by atoms with van der Waals surface area (Å²) in [6.07, 6.45) is 4.62. The van der Waals surface area contributed by atoms with Crippen LogP contribution in [0.3, 0.4) is 0 Å². The van der Waals surface area contributed by atoms with Gasteiger partial charge in [-0.1, -0.05) is 32.4 Å². The van der Waals surface area contributed by atoms with Crippen molar-refractivity contribution in [2.75, 3.05) is 20.1 Å². The van der Waals surface area contributed by atoms with E-state index in [1.54, 1.807) is 12.1 Å². The minimum absolute atomic E-state index is 0.165. The SMILES string of the molecule is CCCNC(CCN(C)C(C)CCC)c1ccc(F)cc1. The van der Waals surface area contributed by atoms with Gasteiger partial charge in [-0.3, -0.25) is 0 Å². The molecule has 0 fully saturated rings. The lowest BCUT2D eigenvalue weighted by Gasteiger charge is -2.27. The van der Waals surface area contributed by atoms with Crippen molar-refractivity contribution in [3.63, 3.8) is 0 Å². The van der Waals surface area contributed by atoms with Gasteiger partial charge in [0.25, 0.3) is 0 Å². The van der Waals surface area contributed by atoms with Crippen LogP contribution in [0.4, 0.5) is 4.39 Å². The summed E-state index contributed by atoms with van der Waals surface area (Å²) >= 11 is 0. The molecule has 1 aromatic carbocycles. The molecule has 1 N–H and O–H groups in total. The van der Waals surface area contributed by atoms with E-state index in [1.807, 2.05) is 12.1 Å². The lowest BCUT2D eigenvalue weighted by Crippen LogP contribution is -2.33. The van der Waals surface area contributed by atoms with Crippen molar-refractivity contribution in [2.45, 2.75) is 58.5 Å². The largest absolute Gasteiger partial charge is 0.310 e. The number of benzene rings is 1. The van der Waals surface area contributed by atoms with Crippen molar-refractivity contribution in [1.82, 2.24) is 10.2 Å². The third-order valence-electron chi connectivity index (χ3n) is 4.14. The first-order valence-corrected chi connectivity index (χ1v) is 8.27. The zero-order valence-corrected chi connectivity index (χ0v) is 14.0. The van der Waals surface area contributed by atoms with Crippen molar-refractivity contribution >= 4 is 0 Å². The molecule has 2 nitrogen and oxygen atoms in total. The molecular formula is C18H31FN2. The number of halogens is 1. The van der Waals surface area contributed by atoms with Crippen LogP contribution in [0.25, 0.3) is 0 Å². The molecule has 0 aromatic heterocycles. The van der Waals surface area contributed by atoms with Gasteiger partial charge >= 0.3 is 0 Å². The molecule has 1 aromatic rings. The van der Waals surface area contributed by atoms with Gasteiger partial charge in [0.15, 0.2) is 0 Å². The van der Waals surface area contributed by atoms with Gasteiger partial charge in [0, 0.05) is 12.1 Å². The van der Waals surface area contributed by atoms with Gasteiger partial charge in [-0.05, 0) is 64.0 Å². The Morgan fingerprint density at radius 3 is 2.33 bits per heavy atom. The topological polar surface area (TPSA) is 15.3 Å². The smallest absolute Gasteiger partial charge is 0.123 e. The van der Waals surface area contributed by atoms with Gasteiger partial charge in [0.2, 0.25) is 0 Å². The summed E-state index contributed by atoms with van der Waals surface area (Å²) in [6, 6.07) is 7.84. The van der Waals surface area contributed by atoms with Crippen LogP contribution in [0.1, 0.15) is 58.1 Å². The van der Waals surface area contributed by atoms with Crippen LogP contribution < -0.4 is 5.32 Å². The number of hydrogen-bond acceptors (Lipinski definition) is 2. The molecule has 2 atom stereocenters. The highest BCUT2D eigenvalue weighted by Crippen LogP contribution is 2.18. The van der Waals surface area contributed by atoms with Crippen LogP contribution in [0.15, 0.2) is 24.3 Å². The fraction of sp³-hybridized carbons (Fsp3) is 0.667. The highest BCUT2D eigenvalue weighted by Gasteiger charge is 2.14. The average molecular weight is 294 g/mol. The predicted octanol–water partition coefficient (Wildman–Crippen LogP) is 4.38. The van der Waals surface area contributed by atoms with Gasteiger partial charge in [-0.15, -0.1) is 0 Å². The molecule has 0 radical (unpaired) electrons. The number of nitrogens with zero attached hydrogens (tertiary/aromatic N) is 1. The molecule has 120 valence electrons. The second-order valence-corrected chi connectivity index (χ2v) is 5.97. The van der Waals surface area contributed by atoms with Gasteiger partial charge in [-0.2, -0.15) is 0 Å². The molecule has 0 heterocycles. The van der Waals surface area contributed by atoms with E-state index >= 15 is 0 Å². The molecule has 0 spiro atoms.